The lowest BCUT2D eigenvalue weighted by Gasteiger charge is -2.14. The average Bonchev–Trinajstić information content (AvgIpc) is 3.26. The van der Waals surface area contributed by atoms with Crippen LogP contribution in [0.25, 0.3) is 10.2 Å². The van der Waals surface area contributed by atoms with Crippen molar-refractivity contribution in [3.05, 3.63) is 92.1 Å². The Morgan fingerprint density at radius 2 is 1.82 bits per heavy atom. The summed E-state index contributed by atoms with van der Waals surface area (Å²) in [6.07, 6.45) is 5.13. The van der Waals surface area contributed by atoms with Crippen LogP contribution in [0.4, 0.5) is 0 Å². The van der Waals surface area contributed by atoms with E-state index in [-0.39, 0.29) is 11.5 Å². The Hall–Kier alpha value is -2.90. The number of rotatable bonds is 7. The fourth-order valence-electron chi connectivity index (χ4n) is 4.42. The Bertz CT molecular complexity index is 1380. The molecule has 0 N–H and O–H groups in total. The number of hydrogen-bond acceptors (Lipinski definition) is 6. The predicted octanol–water partition coefficient (Wildman–Crippen LogP) is 5.66. The molecule has 4 aromatic rings. The molecule has 0 saturated heterocycles. The van der Waals surface area contributed by atoms with Gasteiger partial charge in [0, 0.05) is 17.2 Å². The molecule has 1 aliphatic rings. The van der Waals surface area contributed by atoms with Crippen molar-refractivity contribution in [1.82, 2.24) is 9.55 Å². The number of hydrogen-bond donors (Lipinski definition) is 0. The Morgan fingerprint density at radius 3 is 2.59 bits per heavy atom. The van der Waals surface area contributed by atoms with E-state index >= 15 is 0 Å². The zero-order chi connectivity index (χ0) is 23.5. The van der Waals surface area contributed by atoms with Gasteiger partial charge in [0.25, 0.3) is 5.56 Å². The highest BCUT2D eigenvalue weighted by Gasteiger charge is 2.22. The van der Waals surface area contributed by atoms with Crippen LogP contribution in [0.1, 0.15) is 44.8 Å². The van der Waals surface area contributed by atoms with Crippen molar-refractivity contribution in [3.63, 3.8) is 0 Å². The third-order valence-corrected chi connectivity index (χ3v) is 8.48. The number of carbonyl (C=O) groups is 1. The smallest absolute Gasteiger partial charge is 0.337 e. The number of carbonyl (C=O) groups excluding carboxylic acids is 1. The van der Waals surface area contributed by atoms with Crippen LogP contribution in [-0.2, 0) is 36.3 Å². The molecule has 0 fully saturated rings. The maximum Gasteiger partial charge on any atom is 0.337 e. The number of esters is 1. The van der Waals surface area contributed by atoms with Gasteiger partial charge in [-0.05, 0) is 60.9 Å². The summed E-state index contributed by atoms with van der Waals surface area (Å²) in [4.78, 5) is 32.6. The van der Waals surface area contributed by atoms with Gasteiger partial charge in [-0.1, -0.05) is 54.2 Å². The first-order chi connectivity index (χ1) is 16.6. The van der Waals surface area contributed by atoms with Crippen LogP contribution in [-0.4, -0.2) is 22.6 Å². The topological polar surface area (TPSA) is 61.2 Å². The van der Waals surface area contributed by atoms with E-state index in [0.29, 0.717) is 17.9 Å². The van der Waals surface area contributed by atoms with Crippen molar-refractivity contribution in [2.45, 2.75) is 49.6 Å². The van der Waals surface area contributed by atoms with Crippen LogP contribution >= 0.6 is 23.1 Å². The highest BCUT2D eigenvalue weighted by molar-refractivity contribution is 7.98. The maximum absolute atomic E-state index is 13.7. The number of ether oxygens (including phenoxy) is 1. The lowest BCUT2D eigenvalue weighted by atomic mass is 9.97. The highest BCUT2D eigenvalue weighted by Crippen LogP contribution is 2.35. The van der Waals surface area contributed by atoms with Crippen LogP contribution in [0.2, 0.25) is 0 Å². The van der Waals surface area contributed by atoms with Crippen molar-refractivity contribution < 1.29 is 9.53 Å². The molecule has 174 valence electrons. The van der Waals surface area contributed by atoms with E-state index in [0.717, 1.165) is 46.6 Å². The summed E-state index contributed by atoms with van der Waals surface area (Å²) < 4.78 is 6.65. The van der Waals surface area contributed by atoms with Crippen LogP contribution in [0, 0.1) is 0 Å². The third-order valence-electron chi connectivity index (χ3n) is 6.25. The summed E-state index contributed by atoms with van der Waals surface area (Å²) in [6, 6.07) is 17.7. The second-order valence-corrected chi connectivity index (χ2v) is 10.5. The van der Waals surface area contributed by atoms with E-state index in [1.807, 2.05) is 34.9 Å². The first-order valence-electron chi connectivity index (χ1n) is 11.5. The van der Waals surface area contributed by atoms with Gasteiger partial charge in [0.05, 0.1) is 18.1 Å². The molecule has 0 aliphatic heterocycles. The number of fused-ring (bicyclic) bond motifs is 3. The number of thiophene rings is 1. The average molecular weight is 491 g/mol. The van der Waals surface area contributed by atoms with E-state index in [1.165, 1.54) is 29.5 Å². The lowest BCUT2D eigenvalue weighted by Crippen LogP contribution is -2.24. The molecule has 0 amide bonds. The predicted molar refractivity (Wildman–Crippen MR) is 138 cm³/mol. The third kappa shape index (κ3) is 4.68. The molecule has 0 bridgehead atoms. The van der Waals surface area contributed by atoms with Crippen LogP contribution in [0.15, 0.2) is 64.5 Å². The Balaban J connectivity index is 1.47. The van der Waals surface area contributed by atoms with E-state index in [9.17, 15) is 9.59 Å². The van der Waals surface area contributed by atoms with Gasteiger partial charge < -0.3 is 4.74 Å². The minimum Gasteiger partial charge on any atom is -0.465 e. The summed E-state index contributed by atoms with van der Waals surface area (Å²) in [5.74, 6) is 0.318. The van der Waals surface area contributed by atoms with E-state index in [1.54, 1.807) is 35.2 Å². The van der Waals surface area contributed by atoms with E-state index < -0.39 is 0 Å². The van der Waals surface area contributed by atoms with E-state index in [4.69, 9.17) is 9.72 Å². The minimum absolute atomic E-state index is 0.0869. The standard InChI is InChI=1S/C27H26N2O3S2/c1-32-26(31)20-13-11-19(12-14-20)17-33-27-28-24-23(21-9-5-6-10-22(21)34-24)25(30)29(27)16-15-18-7-3-2-4-8-18/h2-4,7-8,11-14H,5-6,9-10,15-17H2,1H3. The van der Waals surface area contributed by atoms with Crippen LogP contribution in [0.5, 0.6) is 0 Å². The van der Waals surface area contributed by atoms with Gasteiger partial charge in [-0.15, -0.1) is 11.3 Å². The lowest BCUT2D eigenvalue weighted by molar-refractivity contribution is 0.0600. The molecule has 2 aromatic carbocycles. The molecule has 5 rings (SSSR count). The summed E-state index contributed by atoms with van der Waals surface area (Å²) in [5.41, 5.74) is 4.11. The summed E-state index contributed by atoms with van der Waals surface area (Å²) >= 11 is 3.26. The number of benzene rings is 2. The summed E-state index contributed by atoms with van der Waals surface area (Å²) in [5, 5.41) is 1.59. The molecule has 5 nitrogen and oxygen atoms in total. The SMILES string of the molecule is COC(=O)c1ccc(CSc2nc3sc4c(c3c(=O)n2CCc2ccccc2)CCCC4)cc1. The monoisotopic (exact) mass is 490 g/mol. The van der Waals surface area contributed by atoms with Gasteiger partial charge in [-0.3, -0.25) is 9.36 Å². The van der Waals surface area contributed by atoms with Gasteiger partial charge in [0.2, 0.25) is 0 Å². The van der Waals surface area contributed by atoms with Gasteiger partial charge in [0.15, 0.2) is 5.16 Å². The zero-order valence-electron chi connectivity index (χ0n) is 19.1. The van der Waals surface area contributed by atoms with Gasteiger partial charge >= 0.3 is 5.97 Å². The second-order valence-electron chi connectivity index (χ2n) is 8.45. The molecule has 0 unspecified atom stereocenters. The Labute approximate surface area is 206 Å². The molecular weight excluding hydrogens is 464 g/mol. The molecule has 7 heteroatoms. The normalized spacial score (nSPS) is 13.1. The highest BCUT2D eigenvalue weighted by atomic mass is 32.2. The van der Waals surface area contributed by atoms with E-state index in [2.05, 4.69) is 12.1 Å². The molecular formula is C27H26N2O3S2. The Morgan fingerprint density at radius 1 is 1.06 bits per heavy atom. The summed E-state index contributed by atoms with van der Waals surface area (Å²) in [6.45, 7) is 0.597. The molecule has 0 spiro atoms. The van der Waals surface area contributed by atoms with Crippen LogP contribution < -0.4 is 5.56 Å². The molecule has 0 radical (unpaired) electrons. The van der Waals surface area contributed by atoms with Crippen molar-refractivity contribution in [1.29, 1.82) is 0 Å². The number of aryl methyl sites for hydroxylation is 3. The quantitative estimate of drug-likeness (QED) is 0.190. The van der Waals surface area contributed by atoms with Crippen molar-refractivity contribution in [2.75, 3.05) is 7.11 Å². The number of aromatic nitrogens is 2. The molecule has 34 heavy (non-hydrogen) atoms. The number of nitrogens with zero attached hydrogens (tertiary/aromatic N) is 2. The molecule has 0 saturated carbocycles. The fraction of sp³-hybridized carbons (Fsp3) is 0.296. The molecule has 0 atom stereocenters. The van der Waals surface area contributed by atoms with Gasteiger partial charge in [0.1, 0.15) is 4.83 Å². The zero-order valence-corrected chi connectivity index (χ0v) is 20.7. The van der Waals surface area contributed by atoms with Crippen molar-refractivity contribution >= 4 is 39.3 Å². The first-order valence-corrected chi connectivity index (χ1v) is 13.3. The van der Waals surface area contributed by atoms with Crippen LogP contribution in [0.3, 0.4) is 0 Å². The minimum atomic E-state index is -0.345. The number of methoxy groups -OCH3 is 1. The second kappa shape index (κ2) is 10.2. The first kappa shape index (κ1) is 22.9. The largest absolute Gasteiger partial charge is 0.465 e. The maximum atomic E-state index is 13.7. The molecule has 1 aliphatic carbocycles. The van der Waals surface area contributed by atoms with Gasteiger partial charge in [-0.25, -0.2) is 9.78 Å². The Kier molecular flexibility index (Phi) is 6.83. The van der Waals surface area contributed by atoms with Crippen molar-refractivity contribution in [2.24, 2.45) is 0 Å². The van der Waals surface area contributed by atoms with Gasteiger partial charge in [-0.2, -0.15) is 0 Å². The number of thioether (sulfide) groups is 1. The molecule has 2 aromatic heterocycles. The fourth-order valence-corrected chi connectivity index (χ4v) is 6.70. The summed E-state index contributed by atoms with van der Waals surface area (Å²) in [7, 11) is 1.38. The molecule has 2 heterocycles. The van der Waals surface area contributed by atoms with Crippen molar-refractivity contribution in [3.8, 4) is 0 Å².